The van der Waals surface area contributed by atoms with Gasteiger partial charge in [-0.1, -0.05) is 0 Å². The second kappa shape index (κ2) is 6.88. The maximum absolute atomic E-state index is 8.38. The first-order valence-electron chi connectivity index (χ1n) is 2.58. The zero-order valence-corrected chi connectivity index (χ0v) is 5.63. The van der Waals surface area contributed by atoms with Gasteiger partial charge in [0, 0.05) is 0 Å². The van der Waals surface area contributed by atoms with Gasteiger partial charge < -0.3 is 15.9 Å². The molecule has 0 aromatic carbocycles. The van der Waals surface area contributed by atoms with Crippen LogP contribution in [0.15, 0.2) is 0 Å². The number of rotatable bonds is 1. The van der Waals surface area contributed by atoms with Crippen LogP contribution < -0.4 is 5.73 Å². The molecule has 0 amide bonds. The molecule has 4 N–H and O–H groups in total. The van der Waals surface area contributed by atoms with Crippen LogP contribution in [0.5, 0.6) is 0 Å². The lowest BCUT2D eigenvalue weighted by Gasteiger charge is -2.03. The summed E-state index contributed by atoms with van der Waals surface area (Å²) in [7, 11) is 1.50. The lowest BCUT2D eigenvalue weighted by molar-refractivity contribution is 0.0438. The first-order chi connectivity index (χ1) is 3.64. The molecule has 0 spiro atoms. The molecule has 8 heavy (non-hydrogen) atoms. The van der Waals surface area contributed by atoms with E-state index in [2.05, 4.69) is 5.73 Å². The molecule has 0 bridgehead atoms. The van der Waals surface area contributed by atoms with Crippen molar-refractivity contribution in [2.45, 2.75) is 26.1 Å². The SMILES string of the molecule is CC(O)C(C)O.CN. The van der Waals surface area contributed by atoms with Gasteiger partial charge in [0.1, 0.15) is 0 Å². The van der Waals surface area contributed by atoms with Crippen molar-refractivity contribution >= 4 is 0 Å². The Labute approximate surface area is 50.1 Å². The summed E-state index contributed by atoms with van der Waals surface area (Å²) < 4.78 is 0. The molecule has 0 aliphatic rings. The lowest BCUT2D eigenvalue weighted by Crippen LogP contribution is -2.17. The Balaban J connectivity index is 0. The highest BCUT2D eigenvalue weighted by atomic mass is 16.3. The van der Waals surface area contributed by atoms with Crippen molar-refractivity contribution in [3.8, 4) is 0 Å². The van der Waals surface area contributed by atoms with Crippen molar-refractivity contribution in [2.75, 3.05) is 7.05 Å². The van der Waals surface area contributed by atoms with Crippen LogP contribution in [0, 0.1) is 0 Å². The summed E-state index contributed by atoms with van der Waals surface area (Å²) in [5, 5.41) is 16.8. The molecule has 2 atom stereocenters. The maximum Gasteiger partial charge on any atom is 0.0768 e. The molecule has 52 valence electrons. The van der Waals surface area contributed by atoms with E-state index in [1.54, 1.807) is 13.8 Å². The minimum Gasteiger partial charge on any atom is -0.391 e. The van der Waals surface area contributed by atoms with Gasteiger partial charge >= 0.3 is 0 Å². The molecule has 0 rings (SSSR count). The Morgan fingerprint density at radius 2 is 1.12 bits per heavy atom. The number of nitrogens with two attached hydrogens (primary N) is 1. The molecule has 0 aromatic rings. The van der Waals surface area contributed by atoms with E-state index in [1.165, 1.54) is 7.05 Å². The molecule has 3 heteroatoms. The lowest BCUT2D eigenvalue weighted by atomic mass is 10.3. The average molecular weight is 121 g/mol. The van der Waals surface area contributed by atoms with E-state index in [0.717, 1.165) is 0 Å². The van der Waals surface area contributed by atoms with E-state index in [4.69, 9.17) is 10.2 Å². The van der Waals surface area contributed by atoms with E-state index in [1.807, 2.05) is 0 Å². The quantitative estimate of drug-likeness (QED) is 0.430. The van der Waals surface area contributed by atoms with Gasteiger partial charge in [-0.2, -0.15) is 0 Å². The Bertz CT molecular complexity index is 31.4. The maximum atomic E-state index is 8.38. The van der Waals surface area contributed by atoms with E-state index >= 15 is 0 Å². The van der Waals surface area contributed by atoms with Crippen LogP contribution in [0.25, 0.3) is 0 Å². The zero-order chi connectivity index (χ0) is 7.15. The number of aliphatic hydroxyl groups is 2. The van der Waals surface area contributed by atoms with E-state index in [-0.39, 0.29) is 0 Å². The van der Waals surface area contributed by atoms with Crippen molar-refractivity contribution in [1.82, 2.24) is 0 Å². The van der Waals surface area contributed by atoms with Crippen molar-refractivity contribution in [1.29, 1.82) is 0 Å². The fourth-order valence-corrected chi connectivity index (χ4v) is 0. The summed E-state index contributed by atoms with van der Waals surface area (Å²) in [6.07, 6.45) is -1.19. The zero-order valence-electron chi connectivity index (χ0n) is 5.63. The number of hydrogen-bond donors (Lipinski definition) is 3. The minimum absolute atomic E-state index is 0.593. The van der Waals surface area contributed by atoms with Gasteiger partial charge in [0.2, 0.25) is 0 Å². The summed E-state index contributed by atoms with van der Waals surface area (Å²) in [4.78, 5) is 0. The molecule has 0 fully saturated rings. The smallest absolute Gasteiger partial charge is 0.0768 e. The van der Waals surface area contributed by atoms with Gasteiger partial charge in [-0.15, -0.1) is 0 Å². The topological polar surface area (TPSA) is 66.5 Å². The summed E-state index contributed by atoms with van der Waals surface area (Å²) in [6, 6.07) is 0. The third-order valence-electron chi connectivity index (χ3n) is 0.698. The fourth-order valence-electron chi connectivity index (χ4n) is 0. The van der Waals surface area contributed by atoms with Gasteiger partial charge in [0.15, 0.2) is 0 Å². The van der Waals surface area contributed by atoms with Crippen molar-refractivity contribution in [3.05, 3.63) is 0 Å². The van der Waals surface area contributed by atoms with E-state index in [9.17, 15) is 0 Å². The predicted molar refractivity (Wildman–Crippen MR) is 33.5 cm³/mol. The molecule has 0 saturated carbocycles. The minimum atomic E-state index is -0.593. The summed E-state index contributed by atoms with van der Waals surface area (Å²) in [5.41, 5.74) is 4.50. The van der Waals surface area contributed by atoms with Crippen LogP contribution in [0.3, 0.4) is 0 Å². The number of aliphatic hydroxyl groups excluding tert-OH is 2. The van der Waals surface area contributed by atoms with E-state index < -0.39 is 12.2 Å². The van der Waals surface area contributed by atoms with Gasteiger partial charge in [-0.25, -0.2) is 0 Å². The Morgan fingerprint density at radius 1 is 1.00 bits per heavy atom. The van der Waals surface area contributed by atoms with Crippen molar-refractivity contribution in [3.63, 3.8) is 0 Å². The van der Waals surface area contributed by atoms with Crippen LogP contribution in [0.1, 0.15) is 13.8 Å². The van der Waals surface area contributed by atoms with Gasteiger partial charge in [0.25, 0.3) is 0 Å². The van der Waals surface area contributed by atoms with Crippen LogP contribution in [-0.2, 0) is 0 Å². The third kappa shape index (κ3) is 9.30. The molecule has 0 aromatic heterocycles. The van der Waals surface area contributed by atoms with Crippen LogP contribution in [0.4, 0.5) is 0 Å². The first kappa shape index (κ1) is 10.8. The van der Waals surface area contributed by atoms with Crippen LogP contribution in [0.2, 0.25) is 0 Å². The largest absolute Gasteiger partial charge is 0.391 e. The van der Waals surface area contributed by atoms with Gasteiger partial charge in [-0.3, -0.25) is 0 Å². The second-order valence-electron chi connectivity index (χ2n) is 1.48. The predicted octanol–water partition coefficient (Wildman–Crippen LogP) is -0.677. The van der Waals surface area contributed by atoms with E-state index in [0.29, 0.717) is 0 Å². The van der Waals surface area contributed by atoms with Crippen LogP contribution in [-0.4, -0.2) is 29.5 Å². The Morgan fingerprint density at radius 3 is 1.12 bits per heavy atom. The molecule has 0 saturated heterocycles. The van der Waals surface area contributed by atoms with Gasteiger partial charge in [0.05, 0.1) is 12.2 Å². The monoisotopic (exact) mass is 121 g/mol. The standard InChI is InChI=1S/C4H10O2.CH5N/c1-3(5)4(2)6;1-2/h3-6H,1-2H3;2H2,1H3. The van der Waals surface area contributed by atoms with Crippen molar-refractivity contribution in [2.24, 2.45) is 5.73 Å². The second-order valence-corrected chi connectivity index (χ2v) is 1.48. The molecule has 3 nitrogen and oxygen atoms in total. The highest BCUT2D eigenvalue weighted by Gasteiger charge is 1.99. The highest BCUT2D eigenvalue weighted by Crippen LogP contribution is 1.85. The molecule has 0 aliphatic carbocycles. The Hall–Kier alpha value is -0.120. The average Bonchev–Trinajstić information content (AvgIpc) is 1.72. The summed E-state index contributed by atoms with van der Waals surface area (Å²) in [6.45, 7) is 3.09. The molecular weight excluding hydrogens is 106 g/mol. The van der Waals surface area contributed by atoms with Crippen molar-refractivity contribution < 1.29 is 10.2 Å². The molecular formula is C5H15NO2. The molecule has 0 radical (unpaired) electrons. The summed E-state index contributed by atoms with van der Waals surface area (Å²) >= 11 is 0. The normalized spacial score (nSPS) is 15.8. The molecule has 2 unspecified atom stereocenters. The highest BCUT2D eigenvalue weighted by molar-refractivity contribution is 4.50. The first-order valence-corrected chi connectivity index (χ1v) is 2.58. The molecule has 0 aliphatic heterocycles. The van der Waals surface area contributed by atoms with Crippen LogP contribution >= 0.6 is 0 Å². The Kier molecular flexibility index (Phi) is 9.28. The fraction of sp³-hybridized carbons (Fsp3) is 1.00. The third-order valence-corrected chi connectivity index (χ3v) is 0.698. The molecule has 0 heterocycles. The van der Waals surface area contributed by atoms with Gasteiger partial charge in [-0.05, 0) is 20.9 Å². The summed E-state index contributed by atoms with van der Waals surface area (Å²) in [5.74, 6) is 0. The number of hydrogen-bond acceptors (Lipinski definition) is 3.